The number of carbonyl (C=O) groups is 4. The molecule has 0 aliphatic heterocycles. The first-order valence-electron chi connectivity index (χ1n) is 16.6. The van der Waals surface area contributed by atoms with Crippen molar-refractivity contribution in [3.05, 3.63) is 130 Å². The van der Waals surface area contributed by atoms with Crippen molar-refractivity contribution >= 4 is 36.1 Å². The molecule has 270 valence electrons. The Bertz CT molecular complexity index is 1680. The Morgan fingerprint density at radius 3 is 1.10 bits per heavy atom. The first-order chi connectivity index (χ1) is 25.4. The molecule has 4 rings (SSSR count). The summed E-state index contributed by atoms with van der Waals surface area (Å²) in [7, 11) is 0. The minimum atomic E-state index is -0.661. The molecule has 4 aromatic rings. The van der Waals surface area contributed by atoms with Crippen molar-refractivity contribution in [3.63, 3.8) is 0 Å². The summed E-state index contributed by atoms with van der Waals surface area (Å²) in [5.41, 5.74) is 10.6. The fourth-order valence-corrected chi connectivity index (χ4v) is 4.73. The topological polar surface area (TPSA) is 200 Å². The van der Waals surface area contributed by atoms with Crippen molar-refractivity contribution < 1.29 is 39.1 Å². The third-order valence-electron chi connectivity index (χ3n) is 7.62. The van der Waals surface area contributed by atoms with Gasteiger partial charge >= 0.3 is 0 Å². The molecule has 4 aromatic carbocycles. The van der Waals surface area contributed by atoms with Crippen LogP contribution in [-0.4, -0.2) is 59.7 Å². The molecule has 0 spiro atoms. The van der Waals surface area contributed by atoms with Crippen LogP contribution in [0.1, 0.15) is 91.1 Å². The minimum absolute atomic E-state index is 0.224. The maximum absolute atomic E-state index is 12.2. The smallest absolute Gasteiger partial charge is 0.274 e. The number of hydroxylamine groups is 2. The van der Waals surface area contributed by atoms with Crippen molar-refractivity contribution in [3.8, 4) is 11.5 Å². The maximum atomic E-state index is 12.2. The molecule has 0 atom stereocenters. The summed E-state index contributed by atoms with van der Waals surface area (Å²) >= 11 is 0. The van der Waals surface area contributed by atoms with Gasteiger partial charge in [0.25, 0.3) is 23.6 Å². The number of nitrogens with one attached hydrogen (secondary N) is 4. The van der Waals surface area contributed by atoms with Gasteiger partial charge < -0.3 is 9.47 Å². The Morgan fingerprint density at radius 1 is 0.462 bits per heavy atom. The lowest BCUT2D eigenvalue weighted by atomic mass is 10.1. The van der Waals surface area contributed by atoms with Crippen LogP contribution in [0.15, 0.2) is 107 Å². The van der Waals surface area contributed by atoms with Gasteiger partial charge in [-0.05, 0) is 121 Å². The summed E-state index contributed by atoms with van der Waals surface area (Å²) in [6.45, 7) is 1.25. The number of amides is 4. The van der Waals surface area contributed by atoms with E-state index in [0.29, 0.717) is 24.3 Å². The molecule has 0 bridgehead atoms. The molecule has 6 N–H and O–H groups in total. The quantitative estimate of drug-likeness (QED) is 0.0328. The lowest BCUT2D eigenvalue weighted by Gasteiger charge is -2.07. The SMILES string of the molecule is O=C(NO)c1ccc(C(=O)N/N=C/c2ccc(OCCCCCCCCOc3ccc(/C=N/NC(=O)c4ccc(C(=O)NO)cc4)cc3)cc2)cc1. The number of nitrogens with zero attached hydrogens (tertiary/aromatic N) is 2. The van der Waals surface area contributed by atoms with Crippen molar-refractivity contribution in [1.82, 2.24) is 21.8 Å². The zero-order valence-corrected chi connectivity index (χ0v) is 28.3. The van der Waals surface area contributed by atoms with Gasteiger partial charge in [0.2, 0.25) is 0 Å². The molecular formula is C38H40N6O8. The van der Waals surface area contributed by atoms with E-state index < -0.39 is 23.6 Å². The van der Waals surface area contributed by atoms with Crippen molar-refractivity contribution in [2.45, 2.75) is 38.5 Å². The van der Waals surface area contributed by atoms with Crippen molar-refractivity contribution in [2.75, 3.05) is 13.2 Å². The maximum Gasteiger partial charge on any atom is 0.274 e. The highest BCUT2D eigenvalue weighted by molar-refractivity contribution is 5.98. The molecule has 52 heavy (non-hydrogen) atoms. The molecular weight excluding hydrogens is 668 g/mol. The van der Waals surface area contributed by atoms with Gasteiger partial charge in [-0.1, -0.05) is 25.7 Å². The fourth-order valence-electron chi connectivity index (χ4n) is 4.73. The highest BCUT2D eigenvalue weighted by atomic mass is 16.5. The average molecular weight is 709 g/mol. The molecule has 14 nitrogen and oxygen atoms in total. The second kappa shape index (κ2) is 21.0. The van der Waals surface area contributed by atoms with Crippen LogP contribution in [0.3, 0.4) is 0 Å². The summed E-state index contributed by atoms with van der Waals surface area (Å²) in [5.74, 6) is -0.670. The van der Waals surface area contributed by atoms with Crippen LogP contribution < -0.4 is 31.3 Å². The van der Waals surface area contributed by atoms with E-state index in [4.69, 9.17) is 19.9 Å². The van der Waals surface area contributed by atoms with Crippen molar-refractivity contribution in [1.29, 1.82) is 0 Å². The van der Waals surface area contributed by atoms with Crippen LogP contribution in [0.25, 0.3) is 0 Å². The fraction of sp³-hybridized carbons (Fsp3) is 0.211. The number of hydrogen-bond donors (Lipinski definition) is 6. The number of ether oxygens (including phenoxy) is 2. The highest BCUT2D eigenvalue weighted by Crippen LogP contribution is 2.15. The number of unbranched alkanes of at least 4 members (excludes halogenated alkanes) is 5. The molecule has 0 unspecified atom stereocenters. The molecule has 0 aliphatic rings. The summed E-state index contributed by atoms with van der Waals surface area (Å²) in [6, 6.07) is 26.3. The van der Waals surface area contributed by atoms with Crippen LogP contribution in [-0.2, 0) is 0 Å². The largest absolute Gasteiger partial charge is 0.494 e. The number of hydrogen-bond acceptors (Lipinski definition) is 10. The molecule has 0 saturated carbocycles. The third kappa shape index (κ3) is 12.8. The number of hydrazone groups is 2. The predicted octanol–water partition coefficient (Wildman–Crippen LogP) is 5.25. The molecule has 0 radical (unpaired) electrons. The summed E-state index contributed by atoms with van der Waals surface area (Å²) in [5, 5.41) is 25.3. The Morgan fingerprint density at radius 2 is 0.769 bits per heavy atom. The second-order valence-electron chi connectivity index (χ2n) is 11.4. The minimum Gasteiger partial charge on any atom is -0.494 e. The second-order valence-corrected chi connectivity index (χ2v) is 11.4. The van der Waals surface area contributed by atoms with Gasteiger partial charge in [-0.15, -0.1) is 0 Å². The summed E-state index contributed by atoms with van der Waals surface area (Å²) in [6.07, 6.45) is 9.32. The zero-order valence-electron chi connectivity index (χ0n) is 28.3. The van der Waals surface area contributed by atoms with Gasteiger partial charge in [0.05, 0.1) is 25.6 Å². The first kappa shape index (κ1) is 38.4. The van der Waals surface area contributed by atoms with E-state index in [2.05, 4.69) is 21.1 Å². The van der Waals surface area contributed by atoms with Gasteiger partial charge in [-0.25, -0.2) is 21.8 Å². The summed E-state index contributed by atoms with van der Waals surface area (Å²) in [4.78, 5) is 47.2. The standard InChI is InChI=1S/C38H40N6O8/c45-35(29-11-15-31(16-12-29)37(47)43-49)41-39-25-27-7-19-33(20-8-27)51-23-5-3-1-2-4-6-24-52-34-21-9-28(10-22-34)26-40-42-36(46)30-13-17-32(18-14-30)38(48)44-50/h7-22,25-26,49-50H,1-6,23-24H2,(H,41,45)(H,42,46)(H,43,47)(H,44,48)/b39-25+,40-26+. The lowest BCUT2D eigenvalue weighted by Crippen LogP contribution is -2.20. The van der Waals surface area contributed by atoms with Crippen LogP contribution in [0.5, 0.6) is 11.5 Å². The van der Waals surface area contributed by atoms with E-state index in [1.165, 1.54) is 71.9 Å². The van der Waals surface area contributed by atoms with Crippen molar-refractivity contribution in [2.24, 2.45) is 10.2 Å². The Hall–Kier alpha value is -6.38. The zero-order chi connectivity index (χ0) is 37.0. The molecule has 0 aromatic heterocycles. The van der Waals surface area contributed by atoms with E-state index >= 15 is 0 Å². The van der Waals surface area contributed by atoms with E-state index in [1.54, 1.807) is 0 Å². The Balaban J connectivity index is 1.01. The van der Waals surface area contributed by atoms with Gasteiger partial charge in [-0.3, -0.25) is 29.6 Å². The normalized spacial score (nSPS) is 10.9. The van der Waals surface area contributed by atoms with E-state index in [-0.39, 0.29) is 11.1 Å². The van der Waals surface area contributed by atoms with Crippen LogP contribution in [0.2, 0.25) is 0 Å². The van der Waals surface area contributed by atoms with Gasteiger partial charge in [0.1, 0.15) is 11.5 Å². The Labute approximate surface area is 300 Å². The van der Waals surface area contributed by atoms with Crippen LogP contribution in [0.4, 0.5) is 0 Å². The number of carbonyl (C=O) groups excluding carboxylic acids is 4. The highest BCUT2D eigenvalue weighted by Gasteiger charge is 2.09. The molecule has 14 heteroatoms. The third-order valence-corrected chi connectivity index (χ3v) is 7.62. The first-order valence-corrected chi connectivity index (χ1v) is 16.6. The van der Waals surface area contributed by atoms with Crippen LogP contribution >= 0.6 is 0 Å². The van der Waals surface area contributed by atoms with Gasteiger partial charge in [0, 0.05) is 22.3 Å². The lowest BCUT2D eigenvalue weighted by molar-refractivity contribution is 0.0702. The van der Waals surface area contributed by atoms with E-state index in [0.717, 1.165) is 61.2 Å². The molecule has 0 heterocycles. The van der Waals surface area contributed by atoms with Gasteiger partial charge in [-0.2, -0.15) is 10.2 Å². The van der Waals surface area contributed by atoms with Gasteiger partial charge in [0.15, 0.2) is 0 Å². The molecule has 0 saturated heterocycles. The number of benzene rings is 4. The average Bonchev–Trinajstić information content (AvgIpc) is 3.19. The van der Waals surface area contributed by atoms with E-state index in [1.807, 2.05) is 48.5 Å². The molecule has 4 amide bonds. The van der Waals surface area contributed by atoms with Crippen LogP contribution in [0, 0.1) is 0 Å². The summed E-state index contributed by atoms with van der Waals surface area (Å²) < 4.78 is 11.7. The van der Waals surface area contributed by atoms with E-state index in [9.17, 15) is 19.2 Å². The molecule has 0 fully saturated rings. The Kier molecular flexibility index (Phi) is 15.5. The number of rotatable bonds is 19. The predicted molar refractivity (Wildman–Crippen MR) is 193 cm³/mol. The monoisotopic (exact) mass is 708 g/mol. The molecule has 0 aliphatic carbocycles.